The van der Waals surface area contributed by atoms with Gasteiger partial charge in [0, 0.05) is 5.69 Å². The lowest BCUT2D eigenvalue weighted by Crippen LogP contribution is -2.35. The van der Waals surface area contributed by atoms with Crippen molar-refractivity contribution in [3.63, 3.8) is 0 Å². The Labute approximate surface area is 131 Å². The Morgan fingerprint density at radius 1 is 1.00 bits per heavy atom. The van der Waals surface area contributed by atoms with E-state index in [9.17, 15) is 14.0 Å². The van der Waals surface area contributed by atoms with Crippen LogP contribution in [0.1, 0.15) is 5.56 Å². The van der Waals surface area contributed by atoms with Gasteiger partial charge in [-0.1, -0.05) is 12.1 Å². The van der Waals surface area contributed by atoms with E-state index in [0.717, 1.165) is 0 Å². The molecule has 4 nitrogen and oxygen atoms in total. The zero-order valence-corrected chi connectivity index (χ0v) is 12.6. The molecule has 0 atom stereocenters. The number of ether oxygens (including phenoxy) is 1. The second-order valence-electron chi connectivity index (χ2n) is 5.22. The Hall–Kier alpha value is -2.95. The number of methoxy groups -OCH3 is 1. The summed E-state index contributed by atoms with van der Waals surface area (Å²) in [5, 5.41) is 2.94. The van der Waals surface area contributed by atoms with Crippen LogP contribution in [0.5, 0.6) is 5.75 Å². The third-order valence-electron chi connectivity index (χ3n) is 3.74. The summed E-state index contributed by atoms with van der Waals surface area (Å²) in [6, 6.07) is 11.1. The van der Waals surface area contributed by atoms with Gasteiger partial charge in [-0.25, -0.2) is 4.39 Å². The molecule has 3 aromatic carbocycles. The van der Waals surface area contributed by atoms with Gasteiger partial charge >= 0.3 is 0 Å². The van der Waals surface area contributed by atoms with Gasteiger partial charge in [-0.2, -0.15) is 0 Å². The fourth-order valence-electron chi connectivity index (χ4n) is 2.45. The van der Waals surface area contributed by atoms with E-state index in [-0.39, 0.29) is 11.5 Å². The average Bonchev–Trinajstić information content (AvgIpc) is 2.56. The summed E-state index contributed by atoms with van der Waals surface area (Å²) in [6.45, 7) is 1.73. The van der Waals surface area contributed by atoms with Crippen LogP contribution in [0.25, 0.3) is 11.1 Å². The highest BCUT2D eigenvalue weighted by Gasteiger charge is 2.22. The van der Waals surface area contributed by atoms with Crippen LogP contribution in [0.2, 0.25) is 0 Å². The van der Waals surface area contributed by atoms with E-state index in [0.29, 0.717) is 28.1 Å². The number of halogens is 1. The quantitative estimate of drug-likeness (QED) is 0.752. The predicted molar refractivity (Wildman–Crippen MR) is 87.8 cm³/mol. The zero-order valence-electron chi connectivity index (χ0n) is 12.6. The highest BCUT2D eigenvalue weighted by Crippen LogP contribution is 2.29. The van der Waals surface area contributed by atoms with Gasteiger partial charge in [-0.15, -0.1) is 0 Å². The molecule has 3 aromatic rings. The summed E-state index contributed by atoms with van der Waals surface area (Å²) in [4.78, 5) is 23.8. The van der Waals surface area contributed by atoms with Crippen molar-refractivity contribution in [1.82, 2.24) is 0 Å². The molecule has 3 rings (SSSR count). The number of anilines is 2. The molecule has 0 amide bonds. The fourth-order valence-corrected chi connectivity index (χ4v) is 2.45. The van der Waals surface area contributed by atoms with Crippen LogP contribution in [0.15, 0.2) is 52.1 Å². The summed E-state index contributed by atoms with van der Waals surface area (Å²) < 4.78 is 18.2. The Kier molecular flexibility index (Phi) is 3.70. The molecule has 0 fully saturated rings. The largest absolute Gasteiger partial charge is 0.497 e. The summed E-state index contributed by atoms with van der Waals surface area (Å²) in [7, 11) is 1.55. The van der Waals surface area contributed by atoms with Crippen LogP contribution in [-0.4, -0.2) is 7.11 Å². The smallest absolute Gasteiger partial charge is 0.250 e. The van der Waals surface area contributed by atoms with Crippen LogP contribution in [0, 0.1) is 12.7 Å². The van der Waals surface area contributed by atoms with Gasteiger partial charge < -0.3 is 10.1 Å². The van der Waals surface area contributed by atoms with Crippen molar-refractivity contribution in [1.29, 1.82) is 0 Å². The molecule has 0 spiro atoms. The van der Waals surface area contributed by atoms with Gasteiger partial charge in [-0.05, 0) is 48.4 Å². The first kappa shape index (κ1) is 15.0. The fraction of sp³-hybridized carbons (Fsp3) is 0.111. The number of hydrogen-bond donors (Lipinski definition) is 1. The van der Waals surface area contributed by atoms with E-state index in [1.165, 1.54) is 12.1 Å². The van der Waals surface area contributed by atoms with Crippen molar-refractivity contribution >= 4 is 11.4 Å². The molecule has 0 saturated heterocycles. The number of aryl methyl sites for hydroxylation is 1. The molecule has 1 N–H and O–H groups in total. The van der Waals surface area contributed by atoms with E-state index in [1.807, 2.05) is 0 Å². The molecular formula is C18H14FNO3. The molecule has 0 unspecified atom stereocenters. The van der Waals surface area contributed by atoms with E-state index >= 15 is 0 Å². The second-order valence-corrected chi connectivity index (χ2v) is 5.22. The summed E-state index contributed by atoms with van der Waals surface area (Å²) in [6.07, 6.45) is 0. The first-order valence-corrected chi connectivity index (χ1v) is 7.02. The SMILES string of the molecule is COc1ccc(-c2c(Nc3ccc(F)cc3C)c(=O)c2=O)cc1. The van der Waals surface area contributed by atoms with Gasteiger partial charge in [0.1, 0.15) is 17.3 Å². The lowest BCUT2D eigenvalue weighted by molar-refractivity contribution is 0.415. The minimum absolute atomic E-state index is 0.231. The summed E-state index contributed by atoms with van der Waals surface area (Å²) in [5.41, 5.74) is 1.35. The molecule has 0 aliphatic heterocycles. The number of rotatable bonds is 4. The van der Waals surface area contributed by atoms with Crippen LogP contribution in [-0.2, 0) is 0 Å². The molecule has 23 heavy (non-hydrogen) atoms. The molecule has 116 valence electrons. The van der Waals surface area contributed by atoms with Gasteiger partial charge in [0.15, 0.2) is 0 Å². The maximum atomic E-state index is 13.2. The van der Waals surface area contributed by atoms with E-state index in [2.05, 4.69) is 5.32 Å². The molecule has 0 aliphatic carbocycles. The highest BCUT2D eigenvalue weighted by molar-refractivity contribution is 5.85. The van der Waals surface area contributed by atoms with Gasteiger partial charge in [0.05, 0.1) is 12.7 Å². The lowest BCUT2D eigenvalue weighted by Gasteiger charge is -2.15. The van der Waals surface area contributed by atoms with Gasteiger partial charge in [0.25, 0.3) is 5.43 Å². The third kappa shape index (κ3) is 2.61. The number of nitrogens with one attached hydrogen (secondary N) is 1. The second kappa shape index (κ2) is 5.68. The number of hydrogen-bond acceptors (Lipinski definition) is 4. The van der Waals surface area contributed by atoms with Crippen molar-refractivity contribution in [2.24, 2.45) is 0 Å². The normalized spacial score (nSPS) is 10.7. The molecule has 0 aromatic heterocycles. The van der Waals surface area contributed by atoms with Crippen molar-refractivity contribution < 1.29 is 9.13 Å². The van der Waals surface area contributed by atoms with Crippen molar-refractivity contribution in [2.45, 2.75) is 6.92 Å². The summed E-state index contributed by atoms with van der Waals surface area (Å²) in [5.74, 6) is 0.310. The molecule has 0 aliphatic rings. The molecular weight excluding hydrogens is 297 g/mol. The van der Waals surface area contributed by atoms with Gasteiger partial charge in [-0.3, -0.25) is 9.59 Å². The highest BCUT2D eigenvalue weighted by atomic mass is 19.1. The standard InChI is InChI=1S/C18H14FNO3/c1-10-9-12(19)5-8-14(10)20-16-15(17(21)18(16)22)11-3-6-13(23-2)7-4-11/h3-9,20H,1-2H3. The molecule has 0 saturated carbocycles. The topological polar surface area (TPSA) is 55.4 Å². The molecule has 5 heteroatoms. The van der Waals surface area contributed by atoms with Crippen molar-refractivity contribution in [3.8, 4) is 16.9 Å². The van der Waals surface area contributed by atoms with Crippen LogP contribution < -0.4 is 20.9 Å². The van der Waals surface area contributed by atoms with Crippen molar-refractivity contribution in [2.75, 3.05) is 12.4 Å². The van der Waals surface area contributed by atoms with E-state index in [1.54, 1.807) is 44.4 Å². The monoisotopic (exact) mass is 311 g/mol. The van der Waals surface area contributed by atoms with E-state index in [4.69, 9.17) is 4.74 Å². The van der Waals surface area contributed by atoms with Crippen molar-refractivity contribution in [3.05, 3.63) is 74.3 Å². The van der Waals surface area contributed by atoms with Gasteiger partial charge in [0.2, 0.25) is 5.43 Å². The average molecular weight is 311 g/mol. The first-order chi connectivity index (χ1) is 11.0. The Morgan fingerprint density at radius 3 is 2.30 bits per heavy atom. The summed E-state index contributed by atoms with van der Waals surface area (Å²) >= 11 is 0. The maximum Gasteiger partial charge on any atom is 0.250 e. The first-order valence-electron chi connectivity index (χ1n) is 7.02. The minimum Gasteiger partial charge on any atom is -0.497 e. The molecule has 0 bridgehead atoms. The van der Waals surface area contributed by atoms with Crippen LogP contribution in [0.3, 0.4) is 0 Å². The maximum absolute atomic E-state index is 13.2. The van der Waals surface area contributed by atoms with E-state index < -0.39 is 10.9 Å². The predicted octanol–water partition coefficient (Wildman–Crippen LogP) is 3.15. The third-order valence-corrected chi connectivity index (χ3v) is 3.74. The molecule has 0 radical (unpaired) electrons. The minimum atomic E-state index is -0.570. The zero-order chi connectivity index (χ0) is 16.6. The van der Waals surface area contributed by atoms with Crippen LogP contribution in [0.4, 0.5) is 15.8 Å². The lowest BCUT2D eigenvalue weighted by atomic mass is 9.98. The van der Waals surface area contributed by atoms with Crippen LogP contribution >= 0.6 is 0 Å². The Bertz CT molecular complexity index is 938. The number of benzene rings is 2. The Morgan fingerprint density at radius 2 is 1.70 bits per heavy atom. The molecule has 0 heterocycles. The Balaban J connectivity index is 1.99.